The maximum atomic E-state index is 9.06. The second kappa shape index (κ2) is 5.10. The molecule has 0 bridgehead atoms. The number of aryl methyl sites for hydroxylation is 1. The van der Waals surface area contributed by atoms with Crippen molar-refractivity contribution in [3.8, 4) is 0 Å². The van der Waals surface area contributed by atoms with Crippen molar-refractivity contribution in [1.82, 2.24) is 4.90 Å². The molecule has 0 saturated carbocycles. The van der Waals surface area contributed by atoms with Crippen LogP contribution in [-0.2, 0) is 6.54 Å². The van der Waals surface area contributed by atoms with Gasteiger partial charge in [0.25, 0.3) is 0 Å². The Bertz CT molecular complexity index is 302. The smallest absolute Gasteiger partial charge is 0.0460 e. The highest BCUT2D eigenvalue weighted by molar-refractivity contribution is 7.10. The van der Waals surface area contributed by atoms with Gasteiger partial charge in [-0.2, -0.15) is 0 Å². The van der Waals surface area contributed by atoms with Gasteiger partial charge in [0.1, 0.15) is 0 Å². The SMILES string of the molecule is Cc1ccsc1CN1CCC(CO)CC1. The summed E-state index contributed by atoms with van der Waals surface area (Å²) in [5.41, 5.74) is 1.42. The molecular formula is C12H19NOS. The normalized spacial score (nSPS) is 19.6. The molecule has 1 aliphatic rings. The molecule has 1 aromatic heterocycles. The largest absolute Gasteiger partial charge is 0.396 e. The summed E-state index contributed by atoms with van der Waals surface area (Å²) in [5, 5.41) is 11.2. The van der Waals surface area contributed by atoms with Crippen LogP contribution in [0.15, 0.2) is 11.4 Å². The summed E-state index contributed by atoms with van der Waals surface area (Å²) in [7, 11) is 0. The van der Waals surface area contributed by atoms with E-state index >= 15 is 0 Å². The first-order valence-electron chi connectivity index (χ1n) is 5.66. The molecule has 84 valence electrons. The summed E-state index contributed by atoms with van der Waals surface area (Å²) in [6.07, 6.45) is 2.31. The van der Waals surface area contributed by atoms with Gasteiger partial charge in [-0.25, -0.2) is 0 Å². The van der Waals surface area contributed by atoms with E-state index in [4.69, 9.17) is 5.11 Å². The molecule has 0 amide bonds. The zero-order valence-corrected chi connectivity index (χ0v) is 10.1. The third-order valence-electron chi connectivity index (χ3n) is 3.30. The summed E-state index contributed by atoms with van der Waals surface area (Å²) in [4.78, 5) is 4.00. The molecule has 1 fully saturated rings. The van der Waals surface area contributed by atoms with E-state index in [1.165, 1.54) is 10.4 Å². The zero-order valence-electron chi connectivity index (χ0n) is 9.28. The van der Waals surface area contributed by atoms with Crippen LogP contribution in [0.5, 0.6) is 0 Å². The minimum atomic E-state index is 0.367. The van der Waals surface area contributed by atoms with Gasteiger partial charge in [0.15, 0.2) is 0 Å². The Labute approximate surface area is 95.5 Å². The van der Waals surface area contributed by atoms with Crippen LogP contribution in [-0.4, -0.2) is 29.7 Å². The van der Waals surface area contributed by atoms with Gasteiger partial charge >= 0.3 is 0 Å². The summed E-state index contributed by atoms with van der Waals surface area (Å²) in [6.45, 7) is 5.94. The van der Waals surface area contributed by atoms with Crippen LogP contribution < -0.4 is 0 Å². The summed E-state index contributed by atoms with van der Waals surface area (Å²) >= 11 is 1.86. The Balaban J connectivity index is 1.85. The van der Waals surface area contributed by atoms with E-state index in [9.17, 15) is 0 Å². The van der Waals surface area contributed by atoms with Crippen LogP contribution in [0.4, 0.5) is 0 Å². The van der Waals surface area contributed by atoms with Crippen LogP contribution in [0.25, 0.3) is 0 Å². The van der Waals surface area contributed by atoms with E-state index in [0.717, 1.165) is 32.5 Å². The predicted molar refractivity (Wildman–Crippen MR) is 64.1 cm³/mol. The standard InChI is InChI=1S/C12H19NOS/c1-10-4-7-15-12(10)8-13-5-2-11(9-14)3-6-13/h4,7,11,14H,2-3,5-6,8-9H2,1H3. The average Bonchev–Trinajstić information content (AvgIpc) is 2.66. The van der Waals surface area contributed by atoms with E-state index in [-0.39, 0.29) is 0 Å². The number of hydrogen-bond donors (Lipinski definition) is 1. The van der Waals surface area contributed by atoms with Crippen LogP contribution in [0, 0.1) is 12.8 Å². The molecule has 0 radical (unpaired) electrons. The Morgan fingerprint density at radius 1 is 1.47 bits per heavy atom. The molecule has 1 aliphatic heterocycles. The molecule has 2 rings (SSSR count). The van der Waals surface area contributed by atoms with E-state index in [2.05, 4.69) is 23.3 Å². The maximum Gasteiger partial charge on any atom is 0.0460 e. The fraction of sp³-hybridized carbons (Fsp3) is 0.667. The minimum absolute atomic E-state index is 0.367. The molecule has 0 spiro atoms. The van der Waals surface area contributed by atoms with Crippen molar-refractivity contribution in [2.24, 2.45) is 5.92 Å². The lowest BCUT2D eigenvalue weighted by Crippen LogP contribution is -2.34. The van der Waals surface area contributed by atoms with Crippen molar-refractivity contribution >= 4 is 11.3 Å². The second-order valence-electron chi connectivity index (χ2n) is 4.43. The molecule has 1 N–H and O–H groups in total. The average molecular weight is 225 g/mol. The number of hydrogen-bond acceptors (Lipinski definition) is 3. The Hall–Kier alpha value is -0.380. The number of aliphatic hydroxyl groups is 1. The lowest BCUT2D eigenvalue weighted by Gasteiger charge is -2.30. The monoisotopic (exact) mass is 225 g/mol. The Morgan fingerprint density at radius 2 is 2.20 bits per heavy atom. The first-order chi connectivity index (χ1) is 7.29. The molecule has 1 aromatic rings. The highest BCUT2D eigenvalue weighted by Gasteiger charge is 2.18. The van der Waals surface area contributed by atoms with Crippen LogP contribution in [0.2, 0.25) is 0 Å². The van der Waals surface area contributed by atoms with Crippen molar-refractivity contribution in [2.75, 3.05) is 19.7 Å². The first-order valence-corrected chi connectivity index (χ1v) is 6.53. The van der Waals surface area contributed by atoms with Crippen LogP contribution in [0.1, 0.15) is 23.3 Å². The van der Waals surface area contributed by atoms with Crippen LogP contribution >= 0.6 is 11.3 Å². The van der Waals surface area contributed by atoms with Gasteiger partial charge < -0.3 is 5.11 Å². The molecule has 0 aliphatic carbocycles. The zero-order chi connectivity index (χ0) is 10.7. The lowest BCUT2D eigenvalue weighted by atomic mass is 9.98. The van der Waals surface area contributed by atoms with Crippen molar-refractivity contribution in [2.45, 2.75) is 26.3 Å². The molecule has 0 unspecified atom stereocenters. The fourth-order valence-electron chi connectivity index (χ4n) is 2.10. The summed E-state index contributed by atoms with van der Waals surface area (Å²) in [5.74, 6) is 0.547. The predicted octanol–water partition coefficient (Wildman–Crippen LogP) is 2.26. The van der Waals surface area contributed by atoms with Crippen molar-refractivity contribution in [1.29, 1.82) is 0 Å². The quantitative estimate of drug-likeness (QED) is 0.853. The maximum absolute atomic E-state index is 9.06. The molecule has 3 heteroatoms. The van der Waals surface area contributed by atoms with Gasteiger partial charge in [-0.15, -0.1) is 11.3 Å². The first kappa shape index (κ1) is 11.1. The second-order valence-corrected chi connectivity index (χ2v) is 5.43. The third kappa shape index (κ3) is 2.80. The van der Waals surface area contributed by atoms with E-state index in [0.29, 0.717) is 12.5 Å². The molecular weight excluding hydrogens is 206 g/mol. The van der Waals surface area contributed by atoms with Gasteiger partial charge in [-0.3, -0.25) is 4.90 Å². The van der Waals surface area contributed by atoms with Crippen LogP contribution in [0.3, 0.4) is 0 Å². The Morgan fingerprint density at radius 3 is 2.73 bits per heavy atom. The van der Waals surface area contributed by atoms with Crippen molar-refractivity contribution in [3.63, 3.8) is 0 Å². The summed E-state index contributed by atoms with van der Waals surface area (Å²) < 4.78 is 0. The van der Waals surface area contributed by atoms with E-state index < -0.39 is 0 Å². The van der Waals surface area contributed by atoms with Gasteiger partial charge in [-0.1, -0.05) is 0 Å². The highest BCUT2D eigenvalue weighted by atomic mass is 32.1. The van der Waals surface area contributed by atoms with E-state index in [1.54, 1.807) is 0 Å². The van der Waals surface area contributed by atoms with Gasteiger partial charge in [0, 0.05) is 18.0 Å². The molecule has 0 aromatic carbocycles. The topological polar surface area (TPSA) is 23.5 Å². The van der Waals surface area contributed by atoms with Gasteiger partial charge in [-0.05, 0) is 55.8 Å². The Kier molecular flexibility index (Phi) is 3.78. The highest BCUT2D eigenvalue weighted by Crippen LogP contribution is 2.22. The number of thiophene rings is 1. The number of nitrogens with zero attached hydrogens (tertiary/aromatic N) is 1. The number of likely N-dealkylation sites (tertiary alicyclic amines) is 1. The molecule has 0 atom stereocenters. The fourth-order valence-corrected chi connectivity index (χ4v) is 3.04. The molecule has 1 saturated heterocycles. The third-order valence-corrected chi connectivity index (χ3v) is 4.31. The summed E-state index contributed by atoms with van der Waals surface area (Å²) in [6, 6.07) is 2.19. The molecule has 2 nitrogen and oxygen atoms in total. The molecule has 2 heterocycles. The minimum Gasteiger partial charge on any atom is -0.396 e. The number of aliphatic hydroxyl groups excluding tert-OH is 1. The van der Waals surface area contributed by atoms with E-state index in [1.807, 2.05) is 11.3 Å². The number of piperidine rings is 1. The number of rotatable bonds is 3. The van der Waals surface area contributed by atoms with Gasteiger partial charge in [0.2, 0.25) is 0 Å². The van der Waals surface area contributed by atoms with Gasteiger partial charge in [0.05, 0.1) is 0 Å². The lowest BCUT2D eigenvalue weighted by molar-refractivity contribution is 0.128. The molecule has 15 heavy (non-hydrogen) atoms. The van der Waals surface area contributed by atoms with Crippen molar-refractivity contribution in [3.05, 3.63) is 21.9 Å². The van der Waals surface area contributed by atoms with Crippen molar-refractivity contribution < 1.29 is 5.11 Å².